The Morgan fingerprint density at radius 2 is 1.86 bits per heavy atom. The van der Waals surface area contributed by atoms with Crippen molar-refractivity contribution in [3.63, 3.8) is 0 Å². The Labute approximate surface area is 124 Å². The minimum Gasteiger partial charge on any atom is -0.380 e. The number of piperidine rings is 1. The molecule has 2 rings (SSSR count). The minimum absolute atomic E-state index is 0.0450. The van der Waals surface area contributed by atoms with Gasteiger partial charge >= 0.3 is 0 Å². The number of anilines is 1. The third-order valence-electron chi connectivity index (χ3n) is 3.71. The molecule has 5 nitrogen and oxygen atoms in total. The average Bonchev–Trinajstić information content (AvgIpc) is 2.27. The van der Waals surface area contributed by atoms with Gasteiger partial charge in [-0.05, 0) is 46.6 Å². The van der Waals surface area contributed by atoms with Crippen LogP contribution in [0.15, 0.2) is 18.2 Å². The van der Waals surface area contributed by atoms with Crippen molar-refractivity contribution >= 4 is 11.4 Å². The monoisotopic (exact) mass is 295 g/mol. The van der Waals surface area contributed by atoms with Crippen molar-refractivity contribution in [2.24, 2.45) is 0 Å². The molecule has 0 aromatic heterocycles. The van der Waals surface area contributed by atoms with Gasteiger partial charge < -0.3 is 10.6 Å². The molecule has 1 heterocycles. The molecule has 116 valence electrons. The van der Waals surface area contributed by atoms with Crippen LogP contribution in [0.5, 0.6) is 0 Å². The molecule has 0 aliphatic carbocycles. The van der Waals surface area contributed by atoms with Crippen LogP contribution in [0.1, 0.15) is 40.5 Å². The lowest BCUT2D eigenvalue weighted by Gasteiger charge is -2.46. The standard InChI is InChI=1S/C15H22FN3O2/c1-14(2)8-10(9-15(3,4)18-14)17-13-6-5-11(19(20)21)7-12(13)16/h5-7,10,17-18H,8-9H2,1-4H3. The molecule has 2 N–H and O–H groups in total. The zero-order valence-corrected chi connectivity index (χ0v) is 12.9. The summed E-state index contributed by atoms with van der Waals surface area (Å²) in [6.45, 7) is 8.48. The van der Waals surface area contributed by atoms with Crippen LogP contribution in [-0.4, -0.2) is 22.0 Å². The van der Waals surface area contributed by atoms with Crippen LogP contribution in [-0.2, 0) is 0 Å². The summed E-state index contributed by atoms with van der Waals surface area (Å²) in [5, 5.41) is 17.4. The summed E-state index contributed by atoms with van der Waals surface area (Å²) >= 11 is 0. The Balaban J connectivity index is 2.16. The first kappa shape index (κ1) is 15.7. The largest absolute Gasteiger partial charge is 0.380 e. The van der Waals surface area contributed by atoms with Gasteiger partial charge in [0.15, 0.2) is 5.82 Å². The summed E-state index contributed by atoms with van der Waals surface area (Å²) in [5.41, 5.74) is -0.00372. The normalized spacial score (nSPS) is 21.0. The summed E-state index contributed by atoms with van der Waals surface area (Å²) in [4.78, 5) is 10.0. The van der Waals surface area contributed by atoms with E-state index in [0.717, 1.165) is 18.9 Å². The summed E-state index contributed by atoms with van der Waals surface area (Å²) in [6, 6.07) is 3.84. The maximum atomic E-state index is 14.0. The molecule has 1 fully saturated rings. The lowest BCUT2D eigenvalue weighted by Crippen LogP contribution is -2.60. The van der Waals surface area contributed by atoms with Crippen LogP contribution in [0.25, 0.3) is 0 Å². The predicted molar refractivity (Wildman–Crippen MR) is 81.0 cm³/mol. The van der Waals surface area contributed by atoms with Crippen molar-refractivity contribution < 1.29 is 9.31 Å². The third kappa shape index (κ3) is 3.91. The maximum absolute atomic E-state index is 14.0. The number of hydrogen-bond acceptors (Lipinski definition) is 4. The molecule has 1 aromatic carbocycles. The first-order chi connectivity index (χ1) is 9.58. The number of rotatable bonds is 3. The van der Waals surface area contributed by atoms with E-state index in [1.165, 1.54) is 12.1 Å². The number of benzene rings is 1. The van der Waals surface area contributed by atoms with Crippen molar-refractivity contribution in [3.8, 4) is 0 Å². The molecule has 1 aliphatic heterocycles. The highest BCUT2D eigenvalue weighted by molar-refractivity contribution is 5.51. The quantitative estimate of drug-likeness (QED) is 0.662. The predicted octanol–water partition coefficient (Wildman–Crippen LogP) is 3.46. The number of non-ortho nitro benzene ring substituents is 1. The first-order valence-electron chi connectivity index (χ1n) is 7.08. The summed E-state index contributed by atoms with van der Waals surface area (Å²) in [7, 11) is 0. The minimum atomic E-state index is -0.594. The summed E-state index contributed by atoms with van der Waals surface area (Å²) in [5.74, 6) is -0.585. The van der Waals surface area contributed by atoms with Gasteiger partial charge in [-0.3, -0.25) is 10.1 Å². The second-order valence-corrected chi connectivity index (χ2v) is 7.06. The Bertz CT molecular complexity index is 542. The average molecular weight is 295 g/mol. The fourth-order valence-electron chi connectivity index (χ4n) is 3.38. The number of hydrogen-bond donors (Lipinski definition) is 2. The lowest BCUT2D eigenvalue weighted by atomic mass is 9.79. The number of nitro benzene ring substituents is 1. The molecule has 0 unspecified atom stereocenters. The lowest BCUT2D eigenvalue weighted by molar-refractivity contribution is -0.385. The second kappa shape index (κ2) is 5.26. The van der Waals surface area contributed by atoms with E-state index in [1.54, 1.807) is 0 Å². The van der Waals surface area contributed by atoms with Crippen molar-refractivity contribution in [2.75, 3.05) is 5.32 Å². The Kier molecular flexibility index (Phi) is 3.93. The molecule has 6 heteroatoms. The molecular formula is C15H22FN3O2. The van der Waals surface area contributed by atoms with E-state index in [9.17, 15) is 14.5 Å². The van der Waals surface area contributed by atoms with Gasteiger partial charge in [0.25, 0.3) is 5.69 Å². The van der Waals surface area contributed by atoms with E-state index < -0.39 is 10.7 Å². The molecule has 0 saturated carbocycles. The zero-order valence-electron chi connectivity index (χ0n) is 12.9. The van der Waals surface area contributed by atoms with Gasteiger partial charge in [-0.1, -0.05) is 0 Å². The van der Waals surface area contributed by atoms with E-state index in [-0.39, 0.29) is 22.8 Å². The van der Waals surface area contributed by atoms with Crippen molar-refractivity contribution in [1.82, 2.24) is 5.32 Å². The smallest absolute Gasteiger partial charge is 0.272 e. The van der Waals surface area contributed by atoms with Crippen LogP contribution in [0.2, 0.25) is 0 Å². The molecule has 0 atom stereocenters. The topological polar surface area (TPSA) is 67.2 Å². The molecule has 0 amide bonds. The number of halogens is 1. The van der Waals surface area contributed by atoms with E-state index in [4.69, 9.17) is 0 Å². The van der Waals surface area contributed by atoms with Gasteiger partial charge in [-0.25, -0.2) is 4.39 Å². The van der Waals surface area contributed by atoms with E-state index in [0.29, 0.717) is 5.69 Å². The Morgan fingerprint density at radius 3 is 2.33 bits per heavy atom. The van der Waals surface area contributed by atoms with Crippen molar-refractivity contribution in [3.05, 3.63) is 34.1 Å². The van der Waals surface area contributed by atoms with E-state index in [1.807, 2.05) is 0 Å². The Hall–Kier alpha value is -1.69. The molecular weight excluding hydrogens is 273 g/mol. The Morgan fingerprint density at radius 1 is 1.29 bits per heavy atom. The number of nitro groups is 1. The van der Waals surface area contributed by atoms with Crippen LogP contribution in [0, 0.1) is 15.9 Å². The van der Waals surface area contributed by atoms with Gasteiger partial charge in [0.2, 0.25) is 0 Å². The highest BCUT2D eigenvalue weighted by Gasteiger charge is 2.37. The summed E-state index contributed by atoms with van der Waals surface area (Å²) in [6.07, 6.45) is 1.71. The van der Waals surface area contributed by atoms with Gasteiger partial charge in [0.05, 0.1) is 16.7 Å². The molecule has 21 heavy (non-hydrogen) atoms. The highest BCUT2D eigenvalue weighted by atomic mass is 19.1. The molecule has 0 radical (unpaired) electrons. The molecule has 1 saturated heterocycles. The zero-order chi connectivity index (χ0) is 15.8. The fraction of sp³-hybridized carbons (Fsp3) is 0.600. The number of nitrogens with one attached hydrogen (secondary N) is 2. The van der Waals surface area contributed by atoms with Gasteiger partial charge in [-0.15, -0.1) is 0 Å². The van der Waals surface area contributed by atoms with Gasteiger partial charge in [0, 0.05) is 23.2 Å². The maximum Gasteiger partial charge on any atom is 0.272 e. The highest BCUT2D eigenvalue weighted by Crippen LogP contribution is 2.31. The summed E-state index contributed by atoms with van der Waals surface area (Å²) < 4.78 is 14.0. The fourth-order valence-corrected chi connectivity index (χ4v) is 3.38. The first-order valence-corrected chi connectivity index (χ1v) is 7.08. The van der Waals surface area contributed by atoms with Gasteiger partial charge in [0.1, 0.15) is 0 Å². The van der Waals surface area contributed by atoms with Gasteiger partial charge in [-0.2, -0.15) is 0 Å². The third-order valence-corrected chi connectivity index (χ3v) is 3.71. The van der Waals surface area contributed by atoms with Crippen LogP contribution in [0.3, 0.4) is 0 Å². The van der Waals surface area contributed by atoms with Crippen LogP contribution in [0.4, 0.5) is 15.8 Å². The van der Waals surface area contributed by atoms with E-state index in [2.05, 4.69) is 38.3 Å². The van der Waals surface area contributed by atoms with Crippen LogP contribution < -0.4 is 10.6 Å². The SMILES string of the molecule is CC1(C)CC(Nc2ccc([N+](=O)[O-])cc2F)CC(C)(C)N1. The molecule has 1 aromatic rings. The molecule has 0 bridgehead atoms. The van der Waals surface area contributed by atoms with Crippen LogP contribution >= 0.6 is 0 Å². The second-order valence-electron chi connectivity index (χ2n) is 7.06. The molecule has 0 spiro atoms. The van der Waals surface area contributed by atoms with Crippen molar-refractivity contribution in [1.29, 1.82) is 0 Å². The van der Waals surface area contributed by atoms with E-state index >= 15 is 0 Å². The number of nitrogens with zero attached hydrogens (tertiary/aromatic N) is 1. The van der Waals surface area contributed by atoms with Crippen molar-refractivity contribution in [2.45, 2.75) is 57.7 Å². The molecule has 1 aliphatic rings.